The Morgan fingerprint density at radius 2 is 1.58 bits per heavy atom. The summed E-state index contributed by atoms with van der Waals surface area (Å²) in [5.41, 5.74) is 1.88. The Kier molecular flexibility index (Phi) is 3.28. The minimum Gasteiger partial charge on any atom is -0.495 e. The van der Waals surface area contributed by atoms with Crippen LogP contribution in [0.5, 0.6) is 11.5 Å². The quantitative estimate of drug-likeness (QED) is 0.855. The van der Waals surface area contributed by atoms with E-state index < -0.39 is 10.0 Å². The fourth-order valence-corrected chi connectivity index (χ4v) is 5.43. The summed E-state index contributed by atoms with van der Waals surface area (Å²) < 4.78 is 39.0. The Hall–Kier alpha value is -2.21. The number of hydrogen-bond donors (Lipinski definition) is 0. The van der Waals surface area contributed by atoms with Crippen LogP contribution >= 0.6 is 0 Å². The number of benzene rings is 2. The van der Waals surface area contributed by atoms with Crippen molar-refractivity contribution in [3.8, 4) is 11.5 Å². The largest absolute Gasteiger partial charge is 0.495 e. The Morgan fingerprint density at radius 1 is 0.958 bits per heavy atom. The molecule has 1 aliphatic heterocycles. The lowest BCUT2D eigenvalue weighted by atomic mass is 9.99. The number of para-hydroxylation sites is 1. The molecule has 0 aromatic heterocycles. The summed E-state index contributed by atoms with van der Waals surface area (Å²) in [6, 6.07) is 12.8. The highest BCUT2D eigenvalue weighted by atomic mass is 32.2. The number of hydrogen-bond acceptors (Lipinski definition) is 4. The standard InChI is InChI=1S/C18H19NO4S/c1-22-15-8-5-9-16(23-2)17(15)24(20,21)19-12-18(10-11-18)13-6-3-4-7-14(13)19/h3-9H,10-12H2,1-2H3. The van der Waals surface area contributed by atoms with Crippen molar-refractivity contribution in [2.24, 2.45) is 0 Å². The molecule has 0 saturated heterocycles. The van der Waals surface area contributed by atoms with Crippen molar-refractivity contribution < 1.29 is 17.9 Å². The van der Waals surface area contributed by atoms with Crippen LogP contribution in [0.15, 0.2) is 47.4 Å². The smallest absolute Gasteiger partial charge is 0.271 e. The van der Waals surface area contributed by atoms with Crippen LogP contribution in [-0.2, 0) is 15.4 Å². The number of fused-ring (bicyclic) bond motifs is 2. The van der Waals surface area contributed by atoms with Gasteiger partial charge in [-0.1, -0.05) is 24.3 Å². The highest BCUT2D eigenvalue weighted by molar-refractivity contribution is 7.93. The molecule has 4 rings (SSSR count). The molecule has 0 bridgehead atoms. The Labute approximate surface area is 141 Å². The molecular weight excluding hydrogens is 326 g/mol. The van der Waals surface area contributed by atoms with Gasteiger partial charge in [-0.3, -0.25) is 4.31 Å². The summed E-state index contributed by atoms with van der Waals surface area (Å²) in [6.07, 6.45) is 2.05. The molecule has 0 radical (unpaired) electrons. The van der Waals surface area contributed by atoms with Crippen LogP contribution in [0, 0.1) is 0 Å². The summed E-state index contributed by atoms with van der Waals surface area (Å²) >= 11 is 0. The van der Waals surface area contributed by atoms with Crippen molar-refractivity contribution in [1.29, 1.82) is 0 Å². The summed E-state index contributed by atoms with van der Waals surface area (Å²) in [6.45, 7) is 0.482. The Morgan fingerprint density at radius 3 is 2.17 bits per heavy atom. The molecule has 5 nitrogen and oxygen atoms in total. The lowest BCUT2D eigenvalue weighted by Crippen LogP contribution is -2.32. The molecule has 1 aliphatic carbocycles. The topological polar surface area (TPSA) is 55.8 Å². The van der Waals surface area contributed by atoms with Gasteiger partial charge in [0.2, 0.25) is 0 Å². The maximum absolute atomic E-state index is 13.4. The van der Waals surface area contributed by atoms with Crippen LogP contribution in [0.4, 0.5) is 5.69 Å². The van der Waals surface area contributed by atoms with E-state index in [1.165, 1.54) is 18.5 Å². The van der Waals surface area contributed by atoms with Crippen molar-refractivity contribution >= 4 is 15.7 Å². The first-order valence-electron chi connectivity index (χ1n) is 7.87. The molecule has 24 heavy (non-hydrogen) atoms. The fourth-order valence-electron chi connectivity index (χ4n) is 3.56. The molecule has 6 heteroatoms. The summed E-state index contributed by atoms with van der Waals surface area (Å²) in [5, 5.41) is 0. The predicted octanol–water partition coefficient (Wildman–Crippen LogP) is 2.94. The van der Waals surface area contributed by atoms with Crippen LogP contribution < -0.4 is 13.8 Å². The molecular formula is C18H19NO4S. The molecule has 0 unspecified atom stereocenters. The number of anilines is 1. The van der Waals surface area contributed by atoms with Crippen LogP contribution in [0.3, 0.4) is 0 Å². The van der Waals surface area contributed by atoms with Crippen molar-refractivity contribution in [1.82, 2.24) is 0 Å². The average Bonchev–Trinajstić information content (AvgIpc) is 3.31. The SMILES string of the molecule is COc1cccc(OC)c1S(=O)(=O)N1CC2(CC2)c2ccccc21. The van der Waals surface area contributed by atoms with Crippen molar-refractivity contribution in [3.63, 3.8) is 0 Å². The van der Waals surface area contributed by atoms with E-state index in [9.17, 15) is 8.42 Å². The minimum absolute atomic E-state index is 0.0150. The number of ether oxygens (including phenoxy) is 2. The van der Waals surface area contributed by atoms with Crippen molar-refractivity contribution in [2.75, 3.05) is 25.1 Å². The highest BCUT2D eigenvalue weighted by Gasteiger charge is 2.54. The van der Waals surface area contributed by atoms with E-state index in [0.29, 0.717) is 18.0 Å². The van der Waals surface area contributed by atoms with Gasteiger partial charge in [-0.2, -0.15) is 0 Å². The number of sulfonamides is 1. The van der Waals surface area contributed by atoms with E-state index in [4.69, 9.17) is 9.47 Å². The number of methoxy groups -OCH3 is 2. The van der Waals surface area contributed by atoms with Crippen LogP contribution in [0.2, 0.25) is 0 Å². The van der Waals surface area contributed by atoms with Gasteiger partial charge in [0, 0.05) is 12.0 Å². The van der Waals surface area contributed by atoms with Crippen molar-refractivity contribution in [2.45, 2.75) is 23.2 Å². The Bertz CT molecular complexity index is 881. The minimum atomic E-state index is -3.79. The first kappa shape index (κ1) is 15.3. The lowest BCUT2D eigenvalue weighted by Gasteiger charge is -2.22. The normalized spacial score (nSPS) is 17.7. The summed E-state index contributed by atoms with van der Waals surface area (Å²) in [7, 11) is -0.853. The molecule has 2 aliphatic rings. The third-order valence-corrected chi connectivity index (χ3v) is 6.80. The zero-order chi connectivity index (χ0) is 16.9. The van der Waals surface area contributed by atoms with E-state index >= 15 is 0 Å². The van der Waals surface area contributed by atoms with Gasteiger partial charge >= 0.3 is 0 Å². The third-order valence-electron chi connectivity index (χ3n) is 4.97. The van der Waals surface area contributed by atoms with Gasteiger partial charge in [0.25, 0.3) is 10.0 Å². The molecule has 126 valence electrons. The summed E-state index contributed by atoms with van der Waals surface area (Å²) in [5.74, 6) is 0.590. The van der Waals surface area contributed by atoms with Gasteiger partial charge in [-0.05, 0) is 36.6 Å². The van der Waals surface area contributed by atoms with Crippen LogP contribution in [-0.4, -0.2) is 29.2 Å². The van der Waals surface area contributed by atoms with E-state index in [2.05, 4.69) is 0 Å². The van der Waals surface area contributed by atoms with Gasteiger partial charge in [0.15, 0.2) is 4.90 Å². The molecule has 2 aromatic carbocycles. The molecule has 2 aromatic rings. The second kappa shape index (κ2) is 5.14. The van der Waals surface area contributed by atoms with Gasteiger partial charge in [-0.25, -0.2) is 8.42 Å². The van der Waals surface area contributed by atoms with Crippen LogP contribution in [0.25, 0.3) is 0 Å². The molecule has 1 fully saturated rings. The van der Waals surface area contributed by atoms with Gasteiger partial charge in [0.1, 0.15) is 11.5 Å². The van der Waals surface area contributed by atoms with E-state index in [0.717, 1.165) is 24.1 Å². The molecule has 0 amide bonds. The molecule has 0 atom stereocenters. The number of rotatable bonds is 4. The Balaban J connectivity index is 1.89. The van der Waals surface area contributed by atoms with E-state index in [-0.39, 0.29) is 10.3 Å². The zero-order valence-electron chi connectivity index (χ0n) is 13.7. The average molecular weight is 345 g/mol. The molecule has 0 N–H and O–H groups in total. The van der Waals surface area contributed by atoms with E-state index in [1.54, 1.807) is 18.2 Å². The first-order valence-corrected chi connectivity index (χ1v) is 9.31. The molecule has 1 saturated carbocycles. The molecule has 1 spiro atoms. The highest BCUT2D eigenvalue weighted by Crippen LogP contribution is 2.57. The zero-order valence-corrected chi connectivity index (χ0v) is 14.5. The second-order valence-corrected chi connectivity index (χ2v) is 8.10. The molecule has 1 heterocycles. The predicted molar refractivity (Wildman–Crippen MR) is 91.4 cm³/mol. The van der Waals surface area contributed by atoms with Gasteiger partial charge < -0.3 is 9.47 Å². The monoisotopic (exact) mass is 345 g/mol. The van der Waals surface area contributed by atoms with Crippen molar-refractivity contribution in [3.05, 3.63) is 48.0 Å². The van der Waals surface area contributed by atoms with Crippen LogP contribution in [0.1, 0.15) is 18.4 Å². The van der Waals surface area contributed by atoms with Gasteiger partial charge in [-0.15, -0.1) is 0 Å². The second-order valence-electron chi connectivity index (χ2n) is 6.30. The third kappa shape index (κ3) is 2.02. The first-order chi connectivity index (χ1) is 11.5. The fraction of sp³-hybridized carbons (Fsp3) is 0.333. The van der Waals surface area contributed by atoms with E-state index in [1.807, 2.05) is 24.3 Å². The number of nitrogens with zero attached hydrogens (tertiary/aromatic N) is 1. The maximum atomic E-state index is 13.4. The summed E-state index contributed by atoms with van der Waals surface area (Å²) in [4.78, 5) is 0.0857. The lowest BCUT2D eigenvalue weighted by molar-refractivity contribution is 0.373. The van der Waals surface area contributed by atoms with Gasteiger partial charge in [0.05, 0.1) is 19.9 Å². The maximum Gasteiger partial charge on any atom is 0.271 e.